The third kappa shape index (κ3) is 11.0. The van der Waals surface area contributed by atoms with Crippen molar-refractivity contribution < 1.29 is 0 Å². The summed E-state index contributed by atoms with van der Waals surface area (Å²) >= 11 is 0. The Morgan fingerprint density at radius 3 is 0.802 bits per heavy atom. The van der Waals surface area contributed by atoms with Gasteiger partial charge in [-0.25, -0.2) is 19.9 Å². The average molecular weight is 1220 g/mol. The lowest BCUT2D eigenvalue weighted by Gasteiger charge is -2.13. The van der Waals surface area contributed by atoms with Gasteiger partial charge in [0.15, 0.2) is 11.6 Å². The van der Waals surface area contributed by atoms with Gasteiger partial charge in [-0.2, -0.15) is 0 Å². The van der Waals surface area contributed by atoms with Crippen LogP contribution >= 0.6 is 0 Å². The third-order valence-corrected chi connectivity index (χ3v) is 18.2. The van der Waals surface area contributed by atoms with Gasteiger partial charge in [-0.15, -0.1) is 0 Å². The van der Waals surface area contributed by atoms with Crippen molar-refractivity contribution in [1.29, 1.82) is 0 Å². The number of pyridine rings is 2. The fourth-order valence-corrected chi connectivity index (χ4v) is 13.5. The topological polar surface area (TPSA) is 77.3 Å². The molecule has 4 heterocycles. The summed E-state index contributed by atoms with van der Waals surface area (Å²) in [5.74, 6) is 1.42. The molecule has 96 heavy (non-hydrogen) atoms. The summed E-state index contributed by atoms with van der Waals surface area (Å²) < 4.78 is 0. The minimum Gasteiger partial charge on any atom is -0.256 e. The van der Waals surface area contributed by atoms with Crippen LogP contribution in [0.5, 0.6) is 0 Å². The number of rotatable bonds is 10. The molecule has 0 unspecified atom stereocenters. The molecule has 6 nitrogen and oxygen atoms in total. The molecule has 0 radical (unpaired) electrons. The van der Waals surface area contributed by atoms with Crippen LogP contribution in [0.4, 0.5) is 0 Å². The monoisotopic (exact) mass is 1220 g/mol. The molecule has 0 fully saturated rings. The Hall–Kier alpha value is -12.9. The fraction of sp³-hybridized carbons (Fsp3) is 0. The van der Waals surface area contributed by atoms with E-state index >= 15 is 0 Å². The van der Waals surface area contributed by atoms with Crippen LogP contribution in [-0.2, 0) is 0 Å². The molecule has 18 aromatic rings. The quantitative estimate of drug-likeness (QED) is 0.127. The molecule has 0 spiro atoms. The maximum Gasteiger partial charge on any atom is 0.160 e. The van der Waals surface area contributed by atoms with Crippen LogP contribution in [0.2, 0.25) is 0 Å². The fourth-order valence-electron chi connectivity index (χ4n) is 13.5. The zero-order valence-corrected chi connectivity index (χ0v) is 52.2. The second kappa shape index (κ2) is 25.0. The van der Waals surface area contributed by atoms with Crippen molar-refractivity contribution in [1.82, 2.24) is 29.9 Å². The predicted molar refractivity (Wildman–Crippen MR) is 399 cm³/mol. The van der Waals surface area contributed by atoms with E-state index in [9.17, 15) is 0 Å². The van der Waals surface area contributed by atoms with Crippen molar-refractivity contribution in [2.24, 2.45) is 0 Å². The van der Waals surface area contributed by atoms with Gasteiger partial charge in [-0.05, 0) is 137 Å². The van der Waals surface area contributed by atoms with Gasteiger partial charge in [-0.1, -0.05) is 279 Å². The maximum absolute atomic E-state index is 5.06. The largest absolute Gasteiger partial charge is 0.256 e. The van der Waals surface area contributed by atoms with E-state index in [1.54, 1.807) is 0 Å². The summed E-state index contributed by atoms with van der Waals surface area (Å²) in [5, 5.41) is 12.1. The second-order valence-corrected chi connectivity index (χ2v) is 24.1. The van der Waals surface area contributed by atoms with Gasteiger partial charge in [0.2, 0.25) is 0 Å². The SMILES string of the molecule is c1ccc(-c2cc(-c3cccc(-c4cccc(-c5ccc6c(c5)c5ccccc5c5ncccc65)c4)c3)nc(-c3ccccc3)n2)cc1.c1ccc(-c2cc(-c3ccccc3)nc(-c3cccc(-c4cccc(-c5ccc6c(c5)c5ccccc5c5ncccc65)c4)c3)n2)cc1. The summed E-state index contributed by atoms with van der Waals surface area (Å²) in [4.78, 5) is 29.6. The zero-order chi connectivity index (χ0) is 63.7. The predicted octanol–water partition coefficient (Wildman–Crippen LogP) is 23.3. The highest BCUT2D eigenvalue weighted by molar-refractivity contribution is 6.26. The van der Waals surface area contributed by atoms with Crippen LogP contribution in [0, 0.1) is 0 Å². The summed E-state index contributed by atoms with van der Waals surface area (Å²) in [5.41, 5.74) is 21.2. The highest BCUT2D eigenvalue weighted by Gasteiger charge is 2.17. The van der Waals surface area contributed by atoms with Crippen LogP contribution in [0.1, 0.15) is 0 Å². The van der Waals surface area contributed by atoms with E-state index < -0.39 is 0 Å². The summed E-state index contributed by atoms with van der Waals surface area (Å²) in [7, 11) is 0. The second-order valence-electron chi connectivity index (χ2n) is 24.1. The van der Waals surface area contributed by atoms with E-state index in [1.165, 1.54) is 76.1 Å². The number of aromatic nitrogens is 6. The smallest absolute Gasteiger partial charge is 0.160 e. The Kier molecular flexibility index (Phi) is 14.8. The first kappa shape index (κ1) is 57.0. The Morgan fingerprint density at radius 1 is 0.146 bits per heavy atom. The van der Waals surface area contributed by atoms with Crippen LogP contribution < -0.4 is 0 Å². The molecule has 0 saturated carbocycles. The van der Waals surface area contributed by atoms with Gasteiger partial charge in [0.25, 0.3) is 0 Å². The van der Waals surface area contributed by atoms with Crippen LogP contribution in [0.3, 0.4) is 0 Å². The van der Waals surface area contributed by atoms with E-state index in [0.29, 0.717) is 11.6 Å². The normalized spacial score (nSPS) is 11.3. The molecule has 448 valence electrons. The Labute approximate surface area is 555 Å². The van der Waals surface area contributed by atoms with Crippen molar-refractivity contribution in [2.75, 3.05) is 0 Å². The Balaban J connectivity index is 0.000000145. The standard InChI is InChI=1S/2C45H29N3/c1-3-12-30(13-4-1)42-29-43(48-45(47-42)31-14-5-2-6-15-31)36-19-10-18-34(27-36)32-16-9-17-33(26-32)35-23-24-38-40-22-11-25-46-44(40)39-21-8-7-20-37(39)41(38)28-35;1-3-12-30(13-4-1)42-29-43(31-14-5-2-6-15-31)48-45(47-42)36-19-10-18-34(27-36)32-16-9-17-33(26-32)35-23-24-38-40-22-11-25-46-44(40)39-21-8-7-20-37(39)41(38)28-35/h2*1-29H. The first-order valence-corrected chi connectivity index (χ1v) is 32.4. The van der Waals surface area contributed by atoms with Gasteiger partial charge in [0.05, 0.1) is 33.8 Å². The van der Waals surface area contributed by atoms with Crippen molar-refractivity contribution in [3.05, 3.63) is 352 Å². The van der Waals surface area contributed by atoms with Crippen molar-refractivity contribution in [3.63, 3.8) is 0 Å². The van der Waals surface area contributed by atoms with Crippen molar-refractivity contribution >= 4 is 64.9 Å². The number of benzene rings is 14. The van der Waals surface area contributed by atoms with Gasteiger partial charge in [-0.3, -0.25) is 9.97 Å². The minimum atomic E-state index is 0.705. The molecule has 0 aliphatic rings. The van der Waals surface area contributed by atoms with E-state index in [2.05, 4.69) is 255 Å². The molecule has 0 aliphatic heterocycles. The summed E-state index contributed by atoms with van der Waals surface area (Å²) in [6.07, 6.45) is 3.76. The molecule has 0 aliphatic carbocycles. The molecule has 0 amide bonds. The molecule has 18 rings (SSSR count). The number of fused-ring (bicyclic) bond motifs is 12. The molecule has 6 heteroatoms. The lowest BCUT2D eigenvalue weighted by Crippen LogP contribution is -1.96. The molecule has 0 N–H and O–H groups in total. The van der Waals surface area contributed by atoms with Crippen molar-refractivity contribution in [3.8, 4) is 112 Å². The minimum absolute atomic E-state index is 0.705. The van der Waals surface area contributed by atoms with Crippen LogP contribution in [0.15, 0.2) is 352 Å². The average Bonchev–Trinajstić information content (AvgIpc) is 0.756. The maximum atomic E-state index is 5.06. The molecule has 4 aromatic heterocycles. The Morgan fingerprint density at radius 2 is 0.406 bits per heavy atom. The molecular formula is C90H58N6. The Bertz CT molecular complexity index is 5400. The summed E-state index contributed by atoms with van der Waals surface area (Å²) in [6, 6.07) is 119. The van der Waals surface area contributed by atoms with E-state index in [4.69, 9.17) is 29.9 Å². The van der Waals surface area contributed by atoms with E-state index in [1.807, 2.05) is 97.3 Å². The van der Waals surface area contributed by atoms with Gasteiger partial charge in [0.1, 0.15) is 0 Å². The highest BCUT2D eigenvalue weighted by Crippen LogP contribution is 2.41. The zero-order valence-electron chi connectivity index (χ0n) is 52.2. The van der Waals surface area contributed by atoms with Crippen LogP contribution in [0.25, 0.3) is 177 Å². The van der Waals surface area contributed by atoms with Crippen molar-refractivity contribution in [2.45, 2.75) is 0 Å². The van der Waals surface area contributed by atoms with Gasteiger partial charge >= 0.3 is 0 Å². The van der Waals surface area contributed by atoms with E-state index in [-0.39, 0.29) is 0 Å². The third-order valence-electron chi connectivity index (χ3n) is 18.2. The lowest BCUT2D eigenvalue weighted by atomic mass is 9.93. The van der Waals surface area contributed by atoms with Gasteiger partial charge < -0.3 is 0 Å². The number of hydrogen-bond donors (Lipinski definition) is 0. The highest BCUT2D eigenvalue weighted by atomic mass is 14.9. The number of nitrogens with zero attached hydrogens (tertiary/aromatic N) is 6. The van der Waals surface area contributed by atoms with Gasteiger partial charge in [0, 0.05) is 67.3 Å². The molecule has 14 aromatic carbocycles. The van der Waals surface area contributed by atoms with Crippen LogP contribution in [-0.4, -0.2) is 29.9 Å². The van der Waals surface area contributed by atoms with E-state index in [0.717, 1.165) is 89.4 Å². The summed E-state index contributed by atoms with van der Waals surface area (Å²) in [6.45, 7) is 0. The first-order chi connectivity index (χ1) is 47.6. The molecule has 0 atom stereocenters. The number of hydrogen-bond acceptors (Lipinski definition) is 6. The lowest BCUT2D eigenvalue weighted by molar-refractivity contribution is 1.18. The molecule has 0 saturated heterocycles. The molecular weight excluding hydrogens is 1170 g/mol. The molecule has 0 bridgehead atoms. The first-order valence-electron chi connectivity index (χ1n) is 32.4.